The first kappa shape index (κ1) is 44.1. The second-order valence-corrected chi connectivity index (χ2v) is 12.6. The minimum atomic E-state index is -0.540. The number of aliphatic hydroxyl groups is 1. The molecular weight excluding hydrogens is 568 g/mol. The minimum Gasteiger partial charge on any atom is -0.457 e. The average Bonchev–Trinajstić information content (AvgIpc) is 3.06. The molecule has 0 amide bonds. The monoisotopic (exact) mass is 643 g/mol. The zero-order chi connectivity index (χ0) is 33.4. The molecule has 1 N–H and O–H groups in total. The van der Waals surface area contributed by atoms with Crippen LogP contribution in [0.3, 0.4) is 0 Å². The Balaban J connectivity index is 3.46. The Hall–Kier alpha value is -1.91. The molecule has 0 aromatic heterocycles. The van der Waals surface area contributed by atoms with Crippen molar-refractivity contribution in [2.24, 2.45) is 0 Å². The Morgan fingerprint density at radius 3 is 1.50 bits per heavy atom. The lowest BCUT2D eigenvalue weighted by atomic mass is 10.0. The molecule has 0 saturated heterocycles. The zero-order valence-corrected chi connectivity index (χ0v) is 30.3. The van der Waals surface area contributed by atoms with Gasteiger partial charge < -0.3 is 14.6 Å². The van der Waals surface area contributed by atoms with E-state index in [2.05, 4.69) is 74.6 Å². The highest BCUT2D eigenvalue weighted by Gasteiger charge is 2.13. The molecule has 0 aromatic carbocycles. The molecule has 46 heavy (non-hydrogen) atoms. The lowest BCUT2D eigenvalue weighted by molar-refractivity contribution is -0.154. The van der Waals surface area contributed by atoms with Crippen molar-refractivity contribution < 1.29 is 19.4 Å². The number of esters is 1. The van der Waals surface area contributed by atoms with Crippen molar-refractivity contribution in [3.63, 3.8) is 0 Å². The number of rotatable bonds is 35. The fourth-order valence-electron chi connectivity index (χ4n) is 5.20. The molecule has 0 bridgehead atoms. The Kier molecular flexibility index (Phi) is 37.6. The molecule has 0 spiro atoms. The maximum atomic E-state index is 12.2. The first-order chi connectivity index (χ1) is 22.7. The summed E-state index contributed by atoms with van der Waals surface area (Å²) in [6, 6.07) is 0. The van der Waals surface area contributed by atoms with Gasteiger partial charge in [-0.25, -0.2) is 0 Å². The number of hydrogen-bond donors (Lipinski definition) is 1. The van der Waals surface area contributed by atoms with Crippen molar-refractivity contribution in [1.29, 1.82) is 0 Å². The fraction of sp³-hybridized carbons (Fsp3) is 0.738. The van der Waals surface area contributed by atoms with Crippen molar-refractivity contribution >= 4 is 5.97 Å². The van der Waals surface area contributed by atoms with Gasteiger partial charge in [-0.2, -0.15) is 0 Å². The molecule has 4 heteroatoms. The number of hydrogen-bond acceptors (Lipinski definition) is 4. The summed E-state index contributed by atoms with van der Waals surface area (Å²) in [4.78, 5) is 12.2. The van der Waals surface area contributed by atoms with Crippen LogP contribution >= 0.6 is 0 Å². The maximum absolute atomic E-state index is 12.2. The van der Waals surface area contributed by atoms with E-state index < -0.39 is 6.10 Å². The van der Waals surface area contributed by atoms with Crippen LogP contribution in [0.5, 0.6) is 0 Å². The van der Waals surface area contributed by atoms with E-state index in [0.29, 0.717) is 13.0 Å². The second kappa shape index (κ2) is 39.3. The van der Waals surface area contributed by atoms with E-state index in [9.17, 15) is 9.90 Å². The molecule has 0 aliphatic heterocycles. The lowest BCUT2D eigenvalue weighted by Gasteiger charge is -2.15. The van der Waals surface area contributed by atoms with E-state index >= 15 is 0 Å². The summed E-state index contributed by atoms with van der Waals surface area (Å²) in [7, 11) is 0. The van der Waals surface area contributed by atoms with E-state index in [1.54, 1.807) is 0 Å². The van der Waals surface area contributed by atoms with E-state index in [0.717, 1.165) is 44.9 Å². The molecule has 1 atom stereocenters. The van der Waals surface area contributed by atoms with Gasteiger partial charge in [-0.15, -0.1) is 0 Å². The van der Waals surface area contributed by atoms with Gasteiger partial charge in [0, 0.05) is 13.0 Å². The normalized spacial score (nSPS) is 13.0. The van der Waals surface area contributed by atoms with Crippen molar-refractivity contribution in [3.05, 3.63) is 60.8 Å². The Bertz CT molecular complexity index is 764. The van der Waals surface area contributed by atoms with Gasteiger partial charge in [0.1, 0.15) is 6.10 Å². The van der Waals surface area contributed by atoms with Gasteiger partial charge in [0.2, 0.25) is 0 Å². The highest BCUT2D eigenvalue weighted by atomic mass is 16.6. The van der Waals surface area contributed by atoms with Gasteiger partial charge in [-0.3, -0.25) is 4.79 Å². The number of aliphatic hydroxyl groups excluding tert-OH is 1. The number of ether oxygens (including phenoxy) is 2. The lowest BCUT2D eigenvalue weighted by Crippen LogP contribution is -2.27. The molecule has 4 nitrogen and oxygen atoms in total. The third-order valence-electron chi connectivity index (χ3n) is 8.06. The van der Waals surface area contributed by atoms with Gasteiger partial charge in [0.05, 0.1) is 13.2 Å². The molecule has 0 heterocycles. The molecule has 0 saturated carbocycles. The molecule has 0 aromatic rings. The number of carbonyl (C=O) groups is 1. The van der Waals surface area contributed by atoms with E-state index in [1.165, 1.54) is 109 Å². The fourth-order valence-corrected chi connectivity index (χ4v) is 5.20. The van der Waals surface area contributed by atoms with Crippen LogP contribution in [0.2, 0.25) is 0 Å². The van der Waals surface area contributed by atoms with Crippen molar-refractivity contribution in [1.82, 2.24) is 0 Å². The van der Waals surface area contributed by atoms with Crippen LogP contribution in [0, 0.1) is 0 Å². The summed E-state index contributed by atoms with van der Waals surface area (Å²) >= 11 is 0. The van der Waals surface area contributed by atoms with Gasteiger partial charge in [0.25, 0.3) is 0 Å². The quantitative estimate of drug-likeness (QED) is 0.0424. The molecule has 0 radical (unpaired) electrons. The summed E-state index contributed by atoms with van der Waals surface area (Å²) < 4.78 is 11.1. The molecule has 0 aliphatic rings. The predicted molar refractivity (Wildman–Crippen MR) is 200 cm³/mol. The minimum absolute atomic E-state index is 0.178. The van der Waals surface area contributed by atoms with Crippen LogP contribution in [0.4, 0.5) is 0 Å². The second-order valence-electron chi connectivity index (χ2n) is 12.6. The molecule has 0 fully saturated rings. The molecule has 266 valence electrons. The molecule has 0 rings (SSSR count). The SMILES string of the molecule is CC/C=C\C/C=C\C/C=C\C/C=C\CCCCCCCCCCCCC(=O)OC(CO)COCCCCCCCC/C=C\CCC. The van der Waals surface area contributed by atoms with Crippen LogP contribution in [-0.2, 0) is 14.3 Å². The van der Waals surface area contributed by atoms with Crippen molar-refractivity contribution in [2.75, 3.05) is 19.8 Å². The van der Waals surface area contributed by atoms with Gasteiger partial charge in [-0.1, -0.05) is 158 Å². The largest absolute Gasteiger partial charge is 0.457 e. The van der Waals surface area contributed by atoms with Crippen LogP contribution in [-0.4, -0.2) is 37.0 Å². The topological polar surface area (TPSA) is 55.8 Å². The summed E-state index contributed by atoms with van der Waals surface area (Å²) in [6.07, 6.45) is 51.2. The smallest absolute Gasteiger partial charge is 0.306 e. The third kappa shape index (κ3) is 36.6. The maximum Gasteiger partial charge on any atom is 0.306 e. The van der Waals surface area contributed by atoms with Crippen molar-refractivity contribution in [2.45, 2.75) is 180 Å². The van der Waals surface area contributed by atoms with Crippen LogP contribution < -0.4 is 0 Å². The third-order valence-corrected chi connectivity index (χ3v) is 8.06. The molecule has 1 unspecified atom stereocenters. The first-order valence-corrected chi connectivity index (χ1v) is 19.4. The van der Waals surface area contributed by atoms with Crippen LogP contribution in [0.15, 0.2) is 60.8 Å². The van der Waals surface area contributed by atoms with E-state index in [1.807, 2.05) is 0 Å². The molecular formula is C42H74O4. The molecule has 0 aliphatic carbocycles. The Labute approximate surface area is 285 Å². The summed E-state index contributed by atoms with van der Waals surface area (Å²) in [5.74, 6) is -0.211. The highest BCUT2D eigenvalue weighted by molar-refractivity contribution is 5.69. The number of carbonyl (C=O) groups excluding carboxylic acids is 1. The highest BCUT2D eigenvalue weighted by Crippen LogP contribution is 2.13. The average molecular weight is 643 g/mol. The number of unbranched alkanes of at least 4 members (excludes halogenated alkanes) is 17. The van der Waals surface area contributed by atoms with Crippen LogP contribution in [0.1, 0.15) is 174 Å². The van der Waals surface area contributed by atoms with E-state index in [4.69, 9.17) is 9.47 Å². The van der Waals surface area contributed by atoms with Gasteiger partial charge in [-0.05, 0) is 70.6 Å². The zero-order valence-electron chi connectivity index (χ0n) is 30.3. The Morgan fingerprint density at radius 1 is 0.543 bits per heavy atom. The summed E-state index contributed by atoms with van der Waals surface area (Å²) in [6.45, 7) is 5.16. The summed E-state index contributed by atoms with van der Waals surface area (Å²) in [5, 5.41) is 9.55. The Morgan fingerprint density at radius 2 is 0.978 bits per heavy atom. The van der Waals surface area contributed by atoms with Crippen LogP contribution in [0.25, 0.3) is 0 Å². The first-order valence-electron chi connectivity index (χ1n) is 19.4. The summed E-state index contributed by atoms with van der Waals surface area (Å²) in [5.41, 5.74) is 0. The van der Waals surface area contributed by atoms with Crippen molar-refractivity contribution in [3.8, 4) is 0 Å². The van der Waals surface area contributed by atoms with Gasteiger partial charge in [0.15, 0.2) is 0 Å². The predicted octanol–water partition coefficient (Wildman–Crippen LogP) is 12.5. The van der Waals surface area contributed by atoms with Gasteiger partial charge >= 0.3 is 5.97 Å². The van der Waals surface area contributed by atoms with E-state index in [-0.39, 0.29) is 19.2 Å². The standard InChI is InChI=1S/C42H74O4/c1-3-5-7-9-11-13-15-16-17-18-19-20-21-22-23-24-25-26-27-29-31-33-35-37-42(44)46-41(39-43)40-45-38-36-34-32-30-28-14-12-10-8-6-4-2/h5,7-8,10-11,13,16-17,19-20,41,43H,3-4,6,9,12,14-15,18,21-40H2,1-2H3/b7-5-,10-8-,13-11-,17-16-,20-19-. The number of allylic oxidation sites excluding steroid dienone is 10.